The topological polar surface area (TPSA) is 67.2 Å². The second-order valence-electron chi connectivity index (χ2n) is 7.59. The molecule has 0 aliphatic carbocycles. The molecule has 0 radical (unpaired) electrons. The molecule has 1 aromatic carbocycles. The summed E-state index contributed by atoms with van der Waals surface area (Å²) in [6.07, 6.45) is 0.975. The van der Waals surface area contributed by atoms with E-state index in [1.165, 1.54) is 10.6 Å². The van der Waals surface area contributed by atoms with Crippen LogP contribution in [0.4, 0.5) is 0 Å². The number of hydrogen-bond donors (Lipinski definition) is 0. The van der Waals surface area contributed by atoms with Gasteiger partial charge in [0.2, 0.25) is 0 Å². The lowest BCUT2D eigenvalue weighted by molar-refractivity contribution is 0.0638. The molecule has 0 bridgehead atoms. The van der Waals surface area contributed by atoms with Crippen LogP contribution in [-0.2, 0) is 19.5 Å². The number of nitrogens with zero attached hydrogens (tertiary/aromatic N) is 6. The van der Waals surface area contributed by atoms with Gasteiger partial charge >= 0.3 is 0 Å². The molecule has 2 aliphatic rings. The van der Waals surface area contributed by atoms with Crippen LogP contribution in [0.15, 0.2) is 24.3 Å². The summed E-state index contributed by atoms with van der Waals surface area (Å²) in [7, 11) is 2.13. The molecule has 5 rings (SSSR count). The molecule has 3 aromatic rings. The Bertz CT molecular complexity index is 1080. The highest BCUT2D eigenvalue weighted by molar-refractivity contribution is 7.15. The minimum absolute atomic E-state index is 0.0160. The van der Waals surface area contributed by atoms with Gasteiger partial charge in [-0.25, -0.2) is 4.98 Å². The van der Waals surface area contributed by atoms with Crippen LogP contribution >= 0.6 is 22.9 Å². The van der Waals surface area contributed by atoms with E-state index in [0.717, 1.165) is 36.2 Å². The van der Waals surface area contributed by atoms with Crippen LogP contribution in [0.1, 0.15) is 39.7 Å². The van der Waals surface area contributed by atoms with Crippen molar-refractivity contribution < 1.29 is 4.79 Å². The zero-order valence-corrected chi connectivity index (χ0v) is 17.9. The van der Waals surface area contributed by atoms with Crippen LogP contribution in [0.2, 0.25) is 5.02 Å². The van der Waals surface area contributed by atoms with Crippen molar-refractivity contribution in [3.63, 3.8) is 0 Å². The number of amides is 1. The van der Waals surface area contributed by atoms with E-state index >= 15 is 0 Å². The highest BCUT2D eigenvalue weighted by Crippen LogP contribution is 2.34. The fourth-order valence-electron chi connectivity index (χ4n) is 4.00. The monoisotopic (exact) mass is 428 g/mol. The van der Waals surface area contributed by atoms with Gasteiger partial charge in [0.1, 0.15) is 0 Å². The van der Waals surface area contributed by atoms with Crippen LogP contribution in [-0.4, -0.2) is 55.6 Å². The van der Waals surface area contributed by atoms with Crippen LogP contribution in [0, 0.1) is 0 Å². The maximum Gasteiger partial charge on any atom is 0.254 e. The SMILES string of the molecule is C[C@@H]1c2nnc(-c3nc4c(s3)CN(C)CC4)n2CCN1C(=O)c1ccc(Cl)cc1. The van der Waals surface area contributed by atoms with E-state index < -0.39 is 0 Å². The minimum atomic E-state index is -0.158. The van der Waals surface area contributed by atoms with E-state index in [-0.39, 0.29) is 11.9 Å². The summed E-state index contributed by atoms with van der Waals surface area (Å²) >= 11 is 7.66. The third kappa shape index (κ3) is 3.25. The van der Waals surface area contributed by atoms with Crippen molar-refractivity contribution >= 4 is 28.8 Å². The summed E-state index contributed by atoms with van der Waals surface area (Å²) in [6.45, 7) is 5.24. The van der Waals surface area contributed by atoms with E-state index in [0.29, 0.717) is 23.7 Å². The summed E-state index contributed by atoms with van der Waals surface area (Å²) in [5.74, 6) is 1.60. The van der Waals surface area contributed by atoms with Gasteiger partial charge in [-0.05, 0) is 38.2 Å². The molecule has 7 nitrogen and oxygen atoms in total. The molecule has 0 saturated heterocycles. The zero-order chi connectivity index (χ0) is 20.1. The number of carbonyl (C=O) groups excluding carboxylic acids is 1. The van der Waals surface area contributed by atoms with Gasteiger partial charge in [-0.2, -0.15) is 0 Å². The molecule has 2 aromatic heterocycles. The first-order chi connectivity index (χ1) is 14.0. The molecule has 9 heteroatoms. The normalized spacial score (nSPS) is 19.1. The molecule has 150 valence electrons. The number of hydrogen-bond acceptors (Lipinski definition) is 6. The molecule has 0 N–H and O–H groups in total. The third-order valence-corrected chi connectivity index (χ3v) is 6.98. The number of aromatic nitrogens is 4. The molecule has 1 atom stereocenters. The number of likely N-dealkylation sites (N-methyl/N-ethyl adjacent to an activating group) is 1. The minimum Gasteiger partial charge on any atom is -0.327 e. The Morgan fingerprint density at radius 2 is 1.97 bits per heavy atom. The van der Waals surface area contributed by atoms with Crippen LogP contribution in [0.3, 0.4) is 0 Å². The summed E-state index contributed by atoms with van der Waals surface area (Å²) in [5, 5.41) is 10.4. The molecule has 0 saturated carbocycles. The van der Waals surface area contributed by atoms with Gasteiger partial charge in [-0.1, -0.05) is 11.6 Å². The van der Waals surface area contributed by atoms with Crippen molar-refractivity contribution in [3.8, 4) is 10.8 Å². The van der Waals surface area contributed by atoms with E-state index in [1.54, 1.807) is 35.6 Å². The maximum atomic E-state index is 13.0. The van der Waals surface area contributed by atoms with Crippen molar-refractivity contribution in [2.45, 2.75) is 32.5 Å². The lowest BCUT2D eigenvalue weighted by Gasteiger charge is -2.33. The molecule has 4 heterocycles. The van der Waals surface area contributed by atoms with Gasteiger partial charge in [-0.15, -0.1) is 21.5 Å². The molecule has 2 aliphatic heterocycles. The lowest BCUT2D eigenvalue weighted by Crippen LogP contribution is -2.41. The van der Waals surface area contributed by atoms with E-state index in [2.05, 4.69) is 26.7 Å². The maximum absolute atomic E-state index is 13.0. The summed E-state index contributed by atoms with van der Waals surface area (Å²) < 4.78 is 2.12. The smallest absolute Gasteiger partial charge is 0.254 e. The second-order valence-corrected chi connectivity index (χ2v) is 9.11. The average molecular weight is 429 g/mol. The lowest BCUT2D eigenvalue weighted by atomic mass is 10.1. The number of fused-ring (bicyclic) bond motifs is 2. The number of halogens is 1. The largest absolute Gasteiger partial charge is 0.327 e. The molecular formula is C20H21ClN6OS. The number of thiazole rings is 1. The van der Waals surface area contributed by atoms with E-state index in [9.17, 15) is 4.79 Å². The van der Waals surface area contributed by atoms with Crippen LogP contribution in [0.5, 0.6) is 0 Å². The van der Waals surface area contributed by atoms with E-state index in [4.69, 9.17) is 16.6 Å². The fourth-order valence-corrected chi connectivity index (χ4v) is 5.31. The summed E-state index contributed by atoms with van der Waals surface area (Å²) in [5.41, 5.74) is 1.81. The third-order valence-electron chi connectivity index (χ3n) is 5.65. The van der Waals surface area contributed by atoms with Crippen molar-refractivity contribution in [1.29, 1.82) is 0 Å². The Kier molecular flexibility index (Phi) is 4.64. The first-order valence-corrected chi connectivity index (χ1v) is 10.9. The predicted octanol–water partition coefficient (Wildman–Crippen LogP) is 3.26. The van der Waals surface area contributed by atoms with Crippen LogP contribution in [0.25, 0.3) is 10.8 Å². The molecule has 0 unspecified atom stereocenters. The van der Waals surface area contributed by atoms with Crippen molar-refractivity contribution in [3.05, 3.63) is 51.2 Å². The zero-order valence-electron chi connectivity index (χ0n) is 16.3. The number of carbonyl (C=O) groups is 1. The molecular weight excluding hydrogens is 408 g/mol. The second kappa shape index (κ2) is 7.19. The van der Waals surface area contributed by atoms with Crippen molar-refractivity contribution in [2.24, 2.45) is 0 Å². The number of rotatable bonds is 2. The Morgan fingerprint density at radius 1 is 1.17 bits per heavy atom. The van der Waals surface area contributed by atoms with Crippen LogP contribution < -0.4 is 0 Å². The first kappa shape index (κ1) is 18.7. The first-order valence-electron chi connectivity index (χ1n) is 9.68. The molecule has 0 spiro atoms. The summed E-state index contributed by atoms with van der Waals surface area (Å²) in [6, 6.07) is 6.85. The fraction of sp³-hybridized carbons (Fsp3) is 0.400. The average Bonchev–Trinajstić information content (AvgIpc) is 3.32. The van der Waals surface area contributed by atoms with Gasteiger partial charge in [0, 0.05) is 48.1 Å². The Morgan fingerprint density at radius 3 is 2.76 bits per heavy atom. The van der Waals surface area contributed by atoms with Gasteiger partial charge in [0.25, 0.3) is 5.91 Å². The van der Waals surface area contributed by atoms with Gasteiger partial charge < -0.3 is 14.4 Å². The standard InChI is InChI=1S/C20H21ClN6OS/c1-12-17-23-24-18(19-22-15-7-8-25(2)11-16(15)29-19)27(17)10-9-26(12)20(28)13-3-5-14(21)6-4-13/h3-6,12H,7-11H2,1-2H3/t12-/m1/s1. The number of benzene rings is 1. The molecule has 1 amide bonds. The summed E-state index contributed by atoms with van der Waals surface area (Å²) in [4.78, 5) is 23.3. The highest BCUT2D eigenvalue weighted by Gasteiger charge is 2.33. The van der Waals surface area contributed by atoms with Crippen molar-refractivity contribution in [1.82, 2.24) is 29.5 Å². The van der Waals surface area contributed by atoms with Gasteiger partial charge in [0.05, 0.1) is 11.7 Å². The molecule has 0 fully saturated rings. The Balaban J connectivity index is 1.43. The van der Waals surface area contributed by atoms with E-state index in [1.807, 2.05) is 11.8 Å². The van der Waals surface area contributed by atoms with Gasteiger partial charge in [-0.3, -0.25) is 4.79 Å². The van der Waals surface area contributed by atoms with Gasteiger partial charge in [0.15, 0.2) is 16.7 Å². The Labute approximate surface area is 177 Å². The Hall–Kier alpha value is -2.29. The predicted molar refractivity (Wildman–Crippen MR) is 112 cm³/mol. The van der Waals surface area contributed by atoms with Crippen molar-refractivity contribution in [2.75, 3.05) is 20.1 Å². The quantitative estimate of drug-likeness (QED) is 0.626. The highest BCUT2D eigenvalue weighted by atomic mass is 35.5. The molecule has 29 heavy (non-hydrogen) atoms.